The molecule has 1 aromatic heterocycles. The number of rotatable bonds is 2. The van der Waals surface area contributed by atoms with E-state index in [1.54, 1.807) is 0 Å². The van der Waals surface area contributed by atoms with Crippen molar-refractivity contribution in [2.24, 2.45) is 11.1 Å². The molecular formula is C13H23N3O3S. The van der Waals surface area contributed by atoms with Crippen LogP contribution in [0.3, 0.4) is 0 Å². The summed E-state index contributed by atoms with van der Waals surface area (Å²) in [6.07, 6.45) is 4.91. The van der Waals surface area contributed by atoms with E-state index in [0.29, 0.717) is 5.92 Å². The number of piperidine rings is 1. The number of nitrogens with two attached hydrogens (primary N) is 1. The van der Waals surface area contributed by atoms with Gasteiger partial charge < -0.3 is 10.4 Å². The zero-order valence-electron chi connectivity index (χ0n) is 11.9. The molecule has 0 amide bonds. The van der Waals surface area contributed by atoms with E-state index in [-0.39, 0.29) is 4.90 Å². The lowest BCUT2D eigenvalue weighted by atomic mass is 9.84. The van der Waals surface area contributed by atoms with E-state index in [4.69, 9.17) is 5.14 Å². The van der Waals surface area contributed by atoms with Crippen molar-refractivity contribution in [2.45, 2.75) is 37.2 Å². The van der Waals surface area contributed by atoms with Gasteiger partial charge in [-0.15, -0.1) is 0 Å². The summed E-state index contributed by atoms with van der Waals surface area (Å²) in [7, 11) is -3.57. The van der Waals surface area contributed by atoms with Crippen LogP contribution in [-0.4, -0.2) is 37.2 Å². The van der Waals surface area contributed by atoms with E-state index in [9.17, 15) is 13.5 Å². The summed E-state index contributed by atoms with van der Waals surface area (Å²) in [6.45, 7) is 5.94. The van der Waals surface area contributed by atoms with Crippen molar-refractivity contribution in [1.82, 2.24) is 10.3 Å². The molecule has 7 heteroatoms. The first-order valence-corrected chi connectivity index (χ1v) is 8.12. The lowest BCUT2D eigenvalue weighted by Crippen LogP contribution is -2.39. The number of sulfonamides is 1. The van der Waals surface area contributed by atoms with Crippen LogP contribution in [0, 0.1) is 5.92 Å². The van der Waals surface area contributed by atoms with Gasteiger partial charge in [-0.2, -0.15) is 0 Å². The van der Waals surface area contributed by atoms with Gasteiger partial charge in [-0.25, -0.2) is 13.6 Å². The van der Waals surface area contributed by atoms with Crippen LogP contribution in [0.5, 0.6) is 0 Å². The maximum Gasteiger partial charge on any atom is 0.239 e. The normalized spacial score (nSPS) is 17.2. The van der Waals surface area contributed by atoms with Crippen LogP contribution in [0.2, 0.25) is 0 Å². The Morgan fingerprint density at radius 3 is 2.30 bits per heavy atom. The van der Waals surface area contributed by atoms with Gasteiger partial charge in [0.1, 0.15) is 4.90 Å². The van der Waals surface area contributed by atoms with Crippen LogP contribution in [0.1, 0.15) is 26.7 Å². The third-order valence-corrected chi connectivity index (χ3v) is 4.20. The molecule has 0 aromatic carbocycles. The van der Waals surface area contributed by atoms with Crippen molar-refractivity contribution < 1.29 is 13.5 Å². The highest BCUT2D eigenvalue weighted by Gasteiger charge is 2.27. The molecule has 1 saturated heterocycles. The molecule has 0 bridgehead atoms. The minimum absolute atomic E-state index is 0.0370. The largest absolute Gasteiger partial charge is 0.390 e. The highest BCUT2D eigenvalue weighted by molar-refractivity contribution is 7.89. The topological polar surface area (TPSA) is 105 Å². The quantitative estimate of drug-likeness (QED) is 0.737. The molecule has 0 atom stereocenters. The second-order valence-corrected chi connectivity index (χ2v) is 6.97. The Hall–Kier alpha value is -1.02. The van der Waals surface area contributed by atoms with Gasteiger partial charge in [0.25, 0.3) is 0 Å². The number of aromatic nitrogens is 1. The fraction of sp³-hybridized carbons (Fsp3) is 0.615. The van der Waals surface area contributed by atoms with E-state index in [2.05, 4.69) is 10.3 Å². The number of pyridine rings is 1. The fourth-order valence-corrected chi connectivity index (χ4v) is 2.52. The molecule has 2 rings (SSSR count). The van der Waals surface area contributed by atoms with Crippen molar-refractivity contribution in [3.63, 3.8) is 0 Å². The summed E-state index contributed by atoms with van der Waals surface area (Å²) in [6, 6.07) is 2.90. The van der Waals surface area contributed by atoms with Gasteiger partial charge in [0.05, 0.1) is 5.60 Å². The molecular weight excluding hydrogens is 278 g/mol. The molecule has 1 aromatic rings. The van der Waals surface area contributed by atoms with Gasteiger partial charge in [-0.1, -0.05) is 0 Å². The number of hydrogen-bond donors (Lipinski definition) is 3. The minimum atomic E-state index is -3.57. The molecule has 20 heavy (non-hydrogen) atoms. The van der Waals surface area contributed by atoms with Gasteiger partial charge in [-0.05, 0) is 57.8 Å². The van der Waals surface area contributed by atoms with Crippen molar-refractivity contribution in [3.8, 4) is 0 Å². The second kappa shape index (κ2) is 7.12. The third kappa shape index (κ3) is 5.96. The predicted molar refractivity (Wildman–Crippen MR) is 77.5 cm³/mol. The Balaban J connectivity index is 0.000000200. The van der Waals surface area contributed by atoms with E-state index >= 15 is 0 Å². The highest BCUT2D eigenvalue weighted by atomic mass is 32.2. The smallest absolute Gasteiger partial charge is 0.239 e. The lowest BCUT2D eigenvalue weighted by molar-refractivity contribution is 0.00385. The Morgan fingerprint density at radius 1 is 1.40 bits per heavy atom. The predicted octanol–water partition coefficient (Wildman–Crippen LogP) is 0.486. The molecule has 1 aliphatic rings. The van der Waals surface area contributed by atoms with Crippen molar-refractivity contribution >= 4 is 10.0 Å². The fourth-order valence-electron chi connectivity index (χ4n) is 2.04. The number of hydrogen-bond acceptors (Lipinski definition) is 5. The molecule has 0 radical (unpaired) electrons. The minimum Gasteiger partial charge on any atom is -0.390 e. The third-order valence-electron chi connectivity index (χ3n) is 3.30. The Bertz CT molecular complexity index is 491. The summed E-state index contributed by atoms with van der Waals surface area (Å²) >= 11 is 0. The average molecular weight is 301 g/mol. The average Bonchev–Trinajstić information content (AvgIpc) is 2.40. The zero-order valence-corrected chi connectivity index (χ0v) is 12.7. The van der Waals surface area contributed by atoms with Crippen LogP contribution in [0.25, 0.3) is 0 Å². The monoisotopic (exact) mass is 301 g/mol. The summed E-state index contributed by atoms with van der Waals surface area (Å²) < 4.78 is 21.1. The number of nitrogens with one attached hydrogen (secondary N) is 1. The zero-order chi connectivity index (χ0) is 15.2. The molecule has 0 saturated carbocycles. The van der Waals surface area contributed by atoms with Gasteiger partial charge in [-0.3, -0.25) is 4.98 Å². The Kier molecular flexibility index (Phi) is 6.07. The standard InChI is InChI=1S/C8H17NO.C5H6N2O2S/c1-8(2,10)7-3-5-9-6-4-7;6-10(8,9)5-2-1-3-7-4-5/h7,9-10H,3-6H2,1-2H3;1-4H,(H2,6,8,9). The van der Waals surface area contributed by atoms with Crippen LogP contribution in [0.15, 0.2) is 29.4 Å². The maximum atomic E-state index is 10.6. The van der Waals surface area contributed by atoms with E-state index < -0.39 is 15.6 Å². The first kappa shape index (κ1) is 17.0. The van der Waals surface area contributed by atoms with E-state index in [1.165, 1.54) is 24.5 Å². The molecule has 114 valence electrons. The molecule has 0 unspecified atom stereocenters. The summed E-state index contributed by atoms with van der Waals surface area (Å²) in [5, 5.41) is 17.7. The molecule has 0 aliphatic carbocycles. The van der Waals surface area contributed by atoms with Crippen LogP contribution in [-0.2, 0) is 10.0 Å². The first-order valence-electron chi connectivity index (χ1n) is 6.57. The Morgan fingerprint density at radius 2 is 2.00 bits per heavy atom. The molecule has 1 fully saturated rings. The maximum absolute atomic E-state index is 10.6. The van der Waals surface area contributed by atoms with Crippen molar-refractivity contribution in [3.05, 3.63) is 24.5 Å². The molecule has 4 N–H and O–H groups in total. The number of aliphatic hydroxyl groups is 1. The van der Waals surface area contributed by atoms with Gasteiger partial charge in [0, 0.05) is 12.4 Å². The molecule has 1 aliphatic heterocycles. The highest BCUT2D eigenvalue weighted by Crippen LogP contribution is 2.24. The number of primary sulfonamides is 1. The lowest BCUT2D eigenvalue weighted by Gasteiger charge is -2.32. The van der Waals surface area contributed by atoms with Crippen molar-refractivity contribution in [1.29, 1.82) is 0 Å². The van der Waals surface area contributed by atoms with Crippen molar-refractivity contribution in [2.75, 3.05) is 13.1 Å². The Labute approximate surface area is 120 Å². The summed E-state index contributed by atoms with van der Waals surface area (Å²) in [5.41, 5.74) is -0.470. The first-order chi connectivity index (χ1) is 9.21. The molecule has 2 heterocycles. The molecule has 6 nitrogen and oxygen atoms in total. The molecule has 0 spiro atoms. The van der Waals surface area contributed by atoms with Crippen LogP contribution >= 0.6 is 0 Å². The van der Waals surface area contributed by atoms with Gasteiger partial charge in [0.2, 0.25) is 10.0 Å². The van der Waals surface area contributed by atoms with Gasteiger partial charge in [0.15, 0.2) is 0 Å². The van der Waals surface area contributed by atoms with Gasteiger partial charge >= 0.3 is 0 Å². The second-order valence-electron chi connectivity index (χ2n) is 5.41. The van der Waals surface area contributed by atoms with E-state index in [1.807, 2.05) is 13.8 Å². The summed E-state index contributed by atoms with van der Waals surface area (Å²) in [4.78, 5) is 3.63. The van der Waals surface area contributed by atoms with Crippen LogP contribution in [0.4, 0.5) is 0 Å². The summed E-state index contributed by atoms with van der Waals surface area (Å²) in [5.74, 6) is 0.494. The number of nitrogens with zero attached hydrogens (tertiary/aromatic N) is 1. The van der Waals surface area contributed by atoms with Crippen LogP contribution < -0.4 is 10.5 Å². The van der Waals surface area contributed by atoms with E-state index in [0.717, 1.165) is 25.9 Å². The SMILES string of the molecule is CC(C)(O)C1CCNCC1.NS(=O)(=O)c1cccnc1.